The molecule has 0 fully saturated rings. The SMILES string of the molecule is CCNC(C)c1cc(F)ccc1Sc1cnccn1. The molecule has 0 spiro atoms. The maximum Gasteiger partial charge on any atom is 0.123 e. The summed E-state index contributed by atoms with van der Waals surface area (Å²) in [7, 11) is 0. The van der Waals surface area contributed by atoms with E-state index in [2.05, 4.69) is 15.3 Å². The van der Waals surface area contributed by atoms with Gasteiger partial charge in [-0.1, -0.05) is 18.7 Å². The summed E-state index contributed by atoms with van der Waals surface area (Å²) in [5.74, 6) is -0.219. The van der Waals surface area contributed by atoms with E-state index in [4.69, 9.17) is 0 Å². The van der Waals surface area contributed by atoms with E-state index in [0.717, 1.165) is 22.0 Å². The van der Waals surface area contributed by atoms with Gasteiger partial charge in [0.05, 0.1) is 6.20 Å². The third-order valence-corrected chi connectivity index (χ3v) is 3.71. The van der Waals surface area contributed by atoms with E-state index < -0.39 is 0 Å². The molecule has 1 atom stereocenters. The Morgan fingerprint density at radius 2 is 2.21 bits per heavy atom. The molecule has 0 aliphatic rings. The van der Waals surface area contributed by atoms with Gasteiger partial charge in [-0.15, -0.1) is 0 Å². The van der Waals surface area contributed by atoms with Crippen molar-refractivity contribution in [3.63, 3.8) is 0 Å². The molecule has 1 N–H and O–H groups in total. The zero-order valence-electron chi connectivity index (χ0n) is 10.9. The van der Waals surface area contributed by atoms with Gasteiger partial charge in [-0.25, -0.2) is 9.37 Å². The molecule has 1 aromatic carbocycles. The molecular weight excluding hydrogens is 261 g/mol. The molecule has 2 aromatic rings. The van der Waals surface area contributed by atoms with Crippen molar-refractivity contribution >= 4 is 11.8 Å². The van der Waals surface area contributed by atoms with E-state index in [0.29, 0.717) is 0 Å². The van der Waals surface area contributed by atoms with E-state index in [9.17, 15) is 4.39 Å². The summed E-state index contributed by atoms with van der Waals surface area (Å²) in [5.41, 5.74) is 0.942. The highest BCUT2D eigenvalue weighted by molar-refractivity contribution is 7.99. The lowest BCUT2D eigenvalue weighted by atomic mass is 10.1. The van der Waals surface area contributed by atoms with Crippen LogP contribution in [0.15, 0.2) is 46.7 Å². The zero-order chi connectivity index (χ0) is 13.7. The van der Waals surface area contributed by atoms with Crippen molar-refractivity contribution in [1.82, 2.24) is 15.3 Å². The van der Waals surface area contributed by atoms with Crippen molar-refractivity contribution < 1.29 is 4.39 Å². The fraction of sp³-hybridized carbons (Fsp3) is 0.286. The number of benzene rings is 1. The lowest BCUT2D eigenvalue weighted by Crippen LogP contribution is -2.18. The highest BCUT2D eigenvalue weighted by atomic mass is 32.2. The minimum Gasteiger partial charge on any atom is -0.310 e. The predicted molar refractivity (Wildman–Crippen MR) is 74.6 cm³/mol. The number of nitrogens with one attached hydrogen (secondary N) is 1. The van der Waals surface area contributed by atoms with E-state index in [1.54, 1.807) is 30.7 Å². The van der Waals surface area contributed by atoms with Gasteiger partial charge in [0, 0.05) is 23.3 Å². The molecule has 0 aliphatic heterocycles. The van der Waals surface area contributed by atoms with Crippen LogP contribution in [-0.4, -0.2) is 16.5 Å². The summed E-state index contributed by atoms with van der Waals surface area (Å²) in [6, 6.07) is 4.94. The molecule has 1 unspecified atom stereocenters. The largest absolute Gasteiger partial charge is 0.310 e. The highest BCUT2D eigenvalue weighted by Crippen LogP contribution is 2.32. The average Bonchev–Trinajstić information content (AvgIpc) is 2.42. The van der Waals surface area contributed by atoms with Crippen LogP contribution in [0.5, 0.6) is 0 Å². The molecule has 1 aromatic heterocycles. The molecule has 1 heterocycles. The van der Waals surface area contributed by atoms with Crippen molar-refractivity contribution in [3.05, 3.63) is 48.2 Å². The van der Waals surface area contributed by atoms with Crippen molar-refractivity contribution in [2.45, 2.75) is 29.8 Å². The number of aromatic nitrogens is 2. The molecule has 0 saturated carbocycles. The fourth-order valence-corrected chi connectivity index (χ4v) is 2.76. The molecule has 3 nitrogen and oxygen atoms in total. The van der Waals surface area contributed by atoms with Gasteiger partial charge in [0.2, 0.25) is 0 Å². The van der Waals surface area contributed by atoms with Crippen molar-refractivity contribution in [3.8, 4) is 0 Å². The molecule has 0 amide bonds. The molecule has 0 aliphatic carbocycles. The second-order valence-corrected chi connectivity index (χ2v) is 5.17. The molecule has 0 bridgehead atoms. The van der Waals surface area contributed by atoms with Crippen LogP contribution in [0.2, 0.25) is 0 Å². The summed E-state index contributed by atoms with van der Waals surface area (Å²) in [6.45, 7) is 4.90. The first-order valence-electron chi connectivity index (χ1n) is 6.17. The first-order valence-corrected chi connectivity index (χ1v) is 6.99. The van der Waals surface area contributed by atoms with E-state index in [1.165, 1.54) is 17.8 Å². The average molecular weight is 277 g/mol. The Hall–Kier alpha value is -1.46. The summed E-state index contributed by atoms with van der Waals surface area (Å²) >= 11 is 1.50. The minimum absolute atomic E-state index is 0.0971. The minimum atomic E-state index is -0.219. The lowest BCUT2D eigenvalue weighted by Gasteiger charge is -2.16. The Morgan fingerprint density at radius 1 is 1.37 bits per heavy atom. The van der Waals surface area contributed by atoms with Crippen molar-refractivity contribution in [2.75, 3.05) is 6.54 Å². The highest BCUT2D eigenvalue weighted by Gasteiger charge is 2.12. The third kappa shape index (κ3) is 3.75. The van der Waals surface area contributed by atoms with Crippen LogP contribution >= 0.6 is 11.8 Å². The Balaban J connectivity index is 2.29. The van der Waals surface area contributed by atoms with Gasteiger partial charge in [0.25, 0.3) is 0 Å². The first-order chi connectivity index (χ1) is 9.20. The van der Waals surface area contributed by atoms with E-state index >= 15 is 0 Å². The van der Waals surface area contributed by atoms with Gasteiger partial charge < -0.3 is 5.32 Å². The topological polar surface area (TPSA) is 37.8 Å². The van der Waals surface area contributed by atoms with Crippen LogP contribution in [0, 0.1) is 5.82 Å². The second kappa shape index (κ2) is 6.63. The Bertz CT molecular complexity index is 533. The Morgan fingerprint density at radius 3 is 2.89 bits per heavy atom. The third-order valence-electron chi connectivity index (χ3n) is 2.70. The number of hydrogen-bond acceptors (Lipinski definition) is 4. The van der Waals surface area contributed by atoms with Gasteiger partial charge in [0.15, 0.2) is 0 Å². The monoisotopic (exact) mass is 277 g/mol. The van der Waals surface area contributed by atoms with Crippen LogP contribution < -0.4 is 5.32 Å². The molecule has 2 rings (SSSR count). The molecule has 0 radical (unpaired) electrons. The summed E-state index contributed by atoms with van der Waals surface area (Å²) in [5, 5.41) is 4.10. The second-order valence-electron chi connectivity index (χ2n) is 4.11. The van der Waals surface area contributed by atoms with Crippen LogP contribution in [0.3, 0.4) is 0 Å². The number of halogens is 1. The maximum atomic E-state index is 13.4. The van der Waals surface area contributed by atoms with E-state index in [1.807, 2.05) is 13.8 Å². The van der Waals surface area contributed by atoms with Crippen molar-refractivity contribution in [2.24, 2.45) is 0 Å². The van der Waals surface area contributed by atoms with Gasteiger partial charge in [-0.2, -0.15) is 0 Å². The van der Waals surface area contributed by atoms with Crippen LogP contribution in [0.1, 0.15) is 25.5 Å². The predicted octanol–water partition coefficient (Wildman–Crippen LogP) is 3.44. The fourth-order valence-electron chi connectivity index (χ4n) is 1.82. The molecule has 5 heteroatoms. The van der Waals surface area contributed by atoms with Crippen LogP contribution in [0.4, 0.5) is 4.39 Å². The van der Waals surface area contributed by atoms with Crippen LogP contribution in [0.25, 0.3) is 0 Å². The Labute approximate surface area is 116 Å². The first kappa shape index (κ1) is 14.0. The van der Waals surface area contributed by atoms with Gasteiger partial charge in [-0.05, 0) is 37.2 Å². The number of nitrogens with zero attached hydrogens (tertiary/aromatic N) is 2. The summed E-state index contributed by atoms with van der Waals surface area (Å²) in [4.78, 5) is 9.26. The van der Waals surface area contributed by atoms with Gasteiger partial charge in [-0.3, -0.25) is 4.98 Å². The van der Waals surface area contributed by atoms with E-state index in [-0.39, 0.29) is 11.9 Å². The Kier molecular flexibility index (Phi) is 4.87. The zero-order valence-corrected chi connectivity index (χ0v) is 11.7. The summed E-state index contributed by atoms with van der Waals surface area (Å²) in [6.07, 6.45) is 4.99. The normalized spacial score (nSPS) is 12.4. The number of rotatable bonds is 5. The van der Waals surface area contributed by atoms with Crippen molar-refractivity contribution in [1.29, 1.82) is 0 Å². The molecule has 100 valence electrons. The maximum absolute atomic E-state index is 13.4. The summed E-state index contributed by atoms with van der Waals surface area (Å²) < 4.78 is 13.4. The molecule has 19 heavy (non-hydrogen) atoms. The molecule has 0 saturated heterocycles. The van der Waals surface area contributed by atoms with Gasteiger partial charge in [0.1, 0.15) is 10.8 Å². The number of hydrogen-bond donors (Lipinski definition) is 1. The van der Waals surface area contributed by atoms with Gasteiger partial charge >= 0.3 is 0 Å². The quantitative estimate of drug-likeness (QED) is 0.908. The molecular formula is C14H16FN3S. The van der Waals surface area contributed by atoms with Crippen LogP contribution in [-0.2, 0) is 0 Å². The smallest absolute Gasteiger partial charge is 0.123 e. The lowest BCUT2D eigenvalue weighted by molar-refractivity contribution is 0.574. The standard InChI is InChI=1S/C14H16FN3S/c1-3-17-10(2)12-8-11(15)4-5-13(12)19-14-9-16-6-7-18-14/h4-10,17H,3H2,1-2H3.